The highest BCUT2D eigenvalue weighted by Gasteiger charge is 2.25. The third-order valence-corrected chi connectivity index (χ3v) is 6.07. The van der Waals surface area contributed by atoms with Gasteiger partial charge in [-0.1, -0.05) is 36.5 Å². The molecule has 1 aromatic carbocycles. The fourth-order valence-corrected chi connectivity index (χ4v) is 4.35. The second-order valence-corrected chi connectivity index (χ2v) is 8.27. The van der Waals surface area contributed by atoms with Crippen LogP contribution in [0.2, 0.25) is 0 Å². The number of hydrogen-bond donors (Lipinski definition) is 1. The van der Waals surface area contributed by atoms with Crippen molar-refractivity contribution >= 4 is 57.4 Å². The van der Waals surface area contributed by atoms with Crippen LogP contribution in [0.25, 0.3) is 0 Å². The van der Waals surface area contributed by atoms with E-state index in [9.17, 15) is 14.4 Å². The van der Waals surface area contributed by atoms with Gasteiger partial charge in [-0.2, -0.15) is 0 Å². The summed E-state index contributed by atoms with van der Waals surface area (Å²) < 4.78 is 0.661. The molecule has 3 rings (SSSR count). The van der Waals surface area contributed by atoms with Gasteiger partial charge in [-0.3, -0.25) is 19.3 Å². The Hall–Kier alpha value is -1.93. The average Bonchev–Trinajstić information content (AvgIpc) is 3.21. The molecule has 2 aliphatic rings. The highest BCUT2D eigenvalue weighted by Crippen LogP contribution is 2.24. The first-order valence-corrected chi connectivity index (χ1v) is 10.6. The molecule has 0 unspecified atom stereocenters. The van der Waals surface area contributed by atoms with Crippen LogP contribution in [0.5, 0.6) is 0 Å². The average molecular weight is 406 g/mol. The molecule has 2 saturated heterocycles. The van der Waals surface area contributed by atoms with Crippen LogP contribution in [-0.4, -0.2) is 45.8 Å². The molecule has 0 aromatic heterocycles. The maximum atomic E-state index is 12.2. The van der Waals surface area contributed by atoms with Crippen LogP contribution in [0.3, 0.4) is 0 Å². The fourth-order valence-electron chi connectivity index (χ4n) is 3.23. The molecule has 0 saturated carbocycles. The molecule has 0 bridgehead atoms. The Morgan fingerprint density at radius 2 is 2.04 bits per heavy atom. The summed E-state index contributed by atoms with van der Waals surface area (Å²) in [4.78, 5) is 39.1. The molecule has 3 amide bonds. The van der Waals surface area contributed by atoms with Crippen molar-refractivity contribution in [3.05, 3.63) is 24.3 Å². The van der Waals surface area contributed by atoms with Crippen LogP contribution < -0.4 is 10.2 Å². The molecule has 0 spiro atoms. The number of rotatable bonds is 8. The van der Waals surface area contributed by atoms with Gasteiger partial charge in [0.1, 0.15) is 4.32 Å². The van der Waals surface area contributed by atoms with Gasteiger partial charge in [-0.05, 0) is 37.5 Å². The first kappa shape index (κ1) is 19.8. The normalized spacial score (nSPS) is 17.1. The van der Waals surface area contributed by atoms with E-state index in [1.807, 2.05) is 24.3 Å². The standard InChI is InChI=1S/C19H23N3O3S2/c23-16(8-2-1-3-10-22-18(25)13-27-19(22)26)20-14-6-4-7-15(12-14)21-11-5-9-17(21)24/h4,6-7,12H,1-3,5,8-11,13H2,(H,20,23). The van der Waals surface area contributed by atoms with Crippen molar-refractivity contribution in [1.29, 1.82) is 0 Å². The lowest BCUT2D eigenvalue weighted by atomic mass is 10.1. The molecule has 6 nitrogen and oxygen atoms in total. The first-order valence-electron chi connectivity index (χ1n) is 9.22. The van der Waals surface area contributed by atoms with E-state index in [1.54, 1.807) is 9.80 Å². The maximum Gasteiger partial charge on any atom is 0.238 e. The van der Waals surface area contributed by atoms with Gasteiger partial charge in [0.25, 0.3) is 0 Å². The van der Waals surface area contributed by atoms with Crippen LogP contribution in [-0.2, 0) is 14.4 Å². The Morgan fingerprint density at radius 1 is 1.19 bits per heavy atom. The van der Waals surface area contributed by atoms with Gasteiger partial charge in [0.05, 0.1) is 5.75 Å². The topological polar surface area (TPSA) is 69.7 Å². The minimum absolute atomic E-state index is 0.0387. The number of amides is 3. The molecular weight excluding hydrogens is 382 g/mol. The van der Waals surface area contributed by atoms with E-state index in [0.29, 0.717) is 35.1 Å². The third-order valence-electron chi connectivity index (χ3n) is 4.64. The zero-order chi connectivity index (χ0) is 19.2. The predicted molar refractivity (Wildman–Crippen MR) is 112 cm³/mol. The number of carbonyl (C=O) groups excluding carboxylic acids is 3. The number of unbranched alkanes of at least 4 members (excludes halogenated alkanes) is 2. The summed E-state index contributed by atoms with van der Waals surface area (Å²) >= 11 is 6.56. The molecular formula is C19H23N3O3S2. The van der Waals surface area contributed by atoms with Gasteiger partial charge in [0.15, 0.2) is 0 Å². The van der Waals surface area contributed by atoms with Crippen molar-refractivity contribution in [2.75, 3.05) is 29.1 Å². The summed E-state index contributed by atoms with van der Waals surface area (Å²) in [7, 11) is 0. The summed E-state index contributed by atoms with van der Waals surface area (Å²) in [5, 5.41) is 2.90. The molecule has 2 aliphatic heterocycles. The maximum absolute atomic E-state index is 12.2. The lowest BCUT2D eigenvalue weighted by molar-refractivity contribution is -0.124. The quantitative estimate of drug-likeness (QED) is 0.531. The van der Waals surface area contributed by atoms with Gasteiger partial charge in [-0.25, -0.2) is 0 Å². The van der Waals surface area contributed by atoms with Crippen LogP contribution in [0.15, 0.2) is 24.3 Å². The van der Waals surface area contributed by atoms with Crippen molar-refractivity contribution in [3.8, 4) is 0 Å². The second-order valence-electron chi connectivity index (χ2n) is 6.66. The summed E-state index contributed by atoms with van der Waals surface area (Å²) in [6, 6.07) is 7.42. The SMILES string of the molecule is O=C(CCCCCN1C(=O)CSC1=S)Nc1cccc(N2CCCC2=O)c1. The largest absolute Gasteiger partial charge is 0.326 e. The van der Waals surface area contributed by atoms with Gasteiger partial charge in [0.2, 0.25) is 17.7 Å². The highest BCUT2D eigenvalue weighted by molar-refractivity contribution is 8.23. The predicted octanol–water partition coefficient (Wildman–Crippen LogP) is 3.17. The van der Waals surface area contributed by atoms with Crippen molar-refractivity contribution < 1.29 is 14.4 Å². The summed E-state index contributed by atoms with van der Waals surface area (Å²) in [5.74, 6) is 0.624. The minimum Gasteiger partial charge on any atom is -0.326 e. The molecule has 144 valence electrons. The number of anilines is 2. The van der Waals surface area contributed by atoms with Crippen molar-refractivity contribution in [2.24, 2.45) is 0 Å². The number of carbonyl (C=O) groups is 3. The molecule has 1 N–H and O–H groups in total. The molecule has 8 heteroatoms. The fraction of sp³-hybridized carbons (Fsp3) is 0.474. The zero-order valence-corrected chi connectivity index (χ0v) is 16.7. The second kappa shape index (κ2) is 9.32. The zero-order valence-electron chi connectivity index (χ0n) is 15.1. The van der Waals surface area contributed by atoms with Gasteiger partial charge in [0, 0.05) is 37.3 Å². The van der Waals surface area contributed by atoms with E-state index >= 15 is 0 Å². The van der Waals surface area contributed by atoms with Crippen molar-refractivity contribution in [3.63, 3.8) is 0 Å². The summed E-state index contributed by atoms with van der Waals surface area (Å²) in [5.41, 5.74) is 1.54. The van der Waals surface area contributed by atoms with Crippen LogP contribution >= 0.6 is 24.0 Å². The Labute approximate surface area is 168 Å². The van der Waals surface area contributed by atoms with Crippen LogP contribution in [0.1, 0.15) is 38.5 Å². The molecule has 2 fully saturated rings. The molecule has 27 heavy (non-hydrogen) atoms. The van der Waals surface area contributed by atoms with Crippen molar-refractivity contribution in [1.82, 2.24) is 4.90 Å². The van der Waals surface area contributed by atoms with E-state index in [-0.39, 0.29) is 17.7 Å². The Bertz CT molecular complexity index is 737. The van der Waals surface area contributed by atoms with Crippen molar-refractivity contribution in [2.45, 2.75) is 38.5 Å². The minimum atomic E-state index is -0.0387. The number of nitrogens with zero attached hydrogens (tertiary/aromatic N) is 2. The van der Waals surface area contributed by atoms with E-state index in [2.05, 4.69) is 5.32 Å². The molecule has 0 atom stereocenters. The lowest BCUT2D eigenvalue weighted by Crippen LogP contribution is -2.29. The third kappa shape index (κ3) is 5.29. The Morgan fingerprint density at radius 3 is 2.74 bits per heavy atom. The smallest absolute Gasteiger partial charge is 0.238 e. The lowest BCUT2D eigenvalue weighted by Gasteiger charge is -2.17. The van der Waals surface area contributed by atoms with Crippen LogP contribution in [0.4, 0.5) is 11.4 Å². The van der Waals surface area contributed by atoms with Crippen LogP contribution in [0, 0.1) is 0 Å². The van der Waals surface area contributed by atoms with E-state index in [0.717, 1.165) is 37.9 Å². The molecule has 0 radical (unpaired) electrons. The number of thiocarbonyl (C=S) groups is 1. The van der Waals surface area contributed by atoms with E-state index in [4.69, 9.17) is 12.2 Å². The number of benzene rings is 1. The number of nitrogens with one attached hydrogen (secondary N) is 1. The molecule has 1 aromatic rings. The van der Waals surface area contributed by atoms with Gasteiger partial charge < -0.3 is 10.2 Å². The molecule has 2 heterocycles. The highest BCUT2D eigenvalue weighted by atomic mass is 32.2. The Balaban J connectivity index is 1.39. The summed E-state index contributed by atoms with van der Waals surface area (Å²) in [6.07, 6.45) is 4.36. The van der Waals surface area contributed by atoms with E-state index < -0.39 is 0 Å². The Kier molecular flexibility index (Phi) is 6.84. The number of thioether (sulfide) groups is 1. The van der Waals surface area contributed by atoms with E-state index in [1.165, 1.54) is 11.8 Å². The molecule has 0 aliphatic carbocycles. The van der Waals surface area contributed by atoms with Gasteiger partial charge in [-0.15, -0.1) is 0 Å². The first-order chi connectivity index (χ1) is 13.0. The van der Waals surface area contributed by atoms with Gasteiger partial charge >= 0.3 is 0 Å². The monoisotopic (exact) mass is 405 g/mol. The number of hydrogen-bond acceptors (Lipinski definition) is 5. The summed E-state index contributed by atoms with van der Waals surface area (Å²) in [6.45, 7) is 1.37.